The van der Waals surface area contributed by atoms with Crippen LogP contribution in [0.2, 0.25) is 0 Å². The van der Waals surface area contributed by atoms with E-state index < -0.39 is 5.92 Å². The van der Waals surface area contributed by atoms with Crippen molar-refractivity contribution in [1.29, 1.82) is 0 Å². The van der Waals surface area contributed by atoms with Crippen LogP contribution in [0.3, 0.4) is 0 Å². The van der Waals surface area contributed by atoms with E-state index in [0.717, 1.165) is 15.6 Å². The lowest BCUT2D eigenvalue weighted by Gasteiger charge is -2.35. The van der Waals surface area contributed by atoms with Crippen LogP contribution in [0.15, 0.2) is 22.7 Å². The van der Waals surface area contributed by atoms with Crippen molar-refractivity contribution in [2.75, 3.05) is 0 Å². The molecule has 0 radical (unpaired) electrons. The van der Waals surface area contributed by atoms with Crippen molar-refractivity contribution in [1.82, 2.24) is 0 Å². The second kappa shape index (κ2) is 3.30. The van der Waals surface area contributed by atoms with E-state index in [1.807, 2.05) is 25.1 Å². The molecule has 1 aliphatic rings. The molecule has 0 atom stereocenters. The predicted octanol–water partition coefficient (Wildman–Crippen LogP) is 4.27. The SMILES string of the molecule is Cc1ccc(Br)c(C2CC(F)(F)C2)c1. The summed E-state index contributed by atoms with van der Waals surface area (Å²) < 4.78 is 26.3. The average Bonchev–Trinajstić information content (AvgIpc) is 2.05. The summed E-state index contributed by atoms with van der Waals surface area (Å²) in [7, 11) is 0. The predicted molar refractivity (Wildman–Crippen MR) is 55.8 cm³/mol. The van der Waals surface area contributed by atoms with Crippen molar-refractivity contribution in [3.63, 3.8) is 0 Å². The highest BCUT2D eigenvalue weighted by Gasteiger charge is 2.46. The standard InChI is InChI=1S/C11H11BrF2/c1-7-2-3-10(12)9(4-7)8-5-11(13,14)6-8/h2-4,8H,5-6H2,1H3. The van der Waals surface area contributed by atoms with Gasteiger partial charge in [0.2, 0.25) is 5.92 Å². The number of hydrogen-bond acceptors (Lipinski definition) is 0. The lowest BCUT2D eigenvalue weighted by atomic mass is 9.76. The Bertz CT molecular complexity index is 352. The Labute approximate surface area is 90.4 Å². The van der Waals surface area contributed by atoms with Crippen molar-refractivity contribution < 1.29 is 8.78 Å². The molecule has 0 amide bonds. The van der Waals surface area contributed by atoms with E-state index in [9.17, 15) is 8.78 Å². The Hall–Kier alpha value is -0.440. The van der Waals surface area contributed by atoms with Gasteiger partial charge in [-0.05, 0) is 24.5 Å². The first kappa shape index (κ1) is 10.1. The zero-order chi connectivity index (χ0) is 10.3. The van der Waals surface area contributed by atoms with Gasteiger partial charge in [0.05, 0.1) is 0 Å². The fourth-order valence-electron chi connectivity index (χ4n) is 1.86. The molecule has 0 aromatic heterocycles. The molecule has 0 saturated heterocycles. The van der Waals surface area contributed by atoms with Gasteiger partial charge in [0.15, 0.2) is 0 Å². The minimum atomic E-state index is -2.44. The van der Waals surface area contributed by atoms with Gasteiger partial charge < -0.3 is 0 Å². The van der Waals surface area contributed by atoms with Gasteiger partial charge in [0.1, 0.15) is 0 Å². The Morgan fingerprint density at radius 2 is 2.00 bits per heavy atom. The Kier molecular flexibility index (Phi) is 2.38. The highest BCUT2D eigenvalue weighted by atomic mass is 79.9. The van der Waals surface area contributed by atoms with Gasteiger partial charge in [0.25, 0.3) is 0 Å². The lowest BCUT2D eigenvalue weighted by Crippen LogP contribution is -2.33. The summed E-state index contributed by atoms with van der Waals surface area (Å²) in [6, 6.07) is 5.90. The van der Waals surface area contributed by atoms with Crippen molar-refractivity contribution in [3.8, 4) is 0 Å². The van der Waals surface area contributed by atoms with Crippen molar-refractivity contribution in [3.05, 3.63) is 33.8 Å². The third kappa shape index (κ3) is 1.83. The molecular formula is C11H11BrF2. The summed E-state index contributed by atoms with van der Waals surface area (Å²) in [6.07, 6.45) is -0.00981. The van der Waals surface area contributed by atoms with Gasteiger partial charge in [-0.3, -0.25) is 0 Å². The molecule has 1 saturated carbocycles. The highest BCUT2D eigenvalue weighted by Crippen LogP contribution is 2.49. The zero-order valence-corrected chi connectivity index (χ0v) is 9.44. The first-order chi connectivity index (χ1) is 6.48. The second-order valence-electron chi connectivity index (χ2n) is 3.99. The minimum absolute atomic E-state index is 0.00491. The van der Waals surface area contributed by atoms with E-state index >= 15 is 0 Å². The fourth-order valence-corrected chi connectivity index (χ4v) is 2.43. The average molecular weight is 261 g/mol. The van der Waals surface area contributed by atoms with Gasteiger partial charge in [-0.25, -0.2) is 8.78 Å². The number of benzene rings is 1. The fraction of sp³-hybridized carbons (Fsp3) is 0.455. The van der Waals surface area contributed by atoms with Gasteiger partial charge in [-0.1, -0.05) is 33.6 Å². The topological polar surface area (TPSA) is 0 Å². The Balaban J connectivity index is 2.22. The third-order valence-electron chi connectivity index (χ3n) is 2.68. The second-order valence-corrected chi connectivity index (χ2v) is 4.84. The first-order valence-electron chi connectivity index (χ1n) is 4.62. The highest BCUT2D eigenvalue weighted by molar-refractivity contribution is 9.10. The van der Waals surface area contributed by atoms with E-state index in [1.54, 1.807) is 0 Å². The van der Waals surface area contributed by atoms with Crippen LogP contribution in [0.4, 0.5) is 8.78 Å². The van der Waals surface area contributed by atoms with E-state index in [1.165, 1.54) is 0 Å². The smallest absolute Gasteiger partial charge is 0.207 e. The Morgan fingerprint density at radius 1 is 1.36 bits per heavy atom. The molecule has 0 nitrogen and oxygen atoms in total. The van der Waals surface area contributed by atoms with Gasteiger partial charge in [-0.2, -0.15) is 0 Å². The monoisotopic (exact) mass is 260 g/mol. The van der Waals surface area contributed by atoms with Crippen LogP contribution in [-0.4, -0.2) is 5.92 Å². The summed E-state index contributed by atoms with van der Waals surface area (Å²) in [5, 5.41) is 0. The van der Waals surface area contributed by atoms with E-state index in [2.05, 4.69) is 15.9 Å². The summed E-state index contributed by atoms with van der Waals surface area (Å²) in [5.74, 6) is -2.41. The number of hydrogen-bond donors (Lipinski definition) is 0. The zero-order valence-electron chi connectivity index (χ0n) is 7.86. The molecule has 1 fully saturated rings. The van der Waals surface area contributed by atoms with E-state index in [0.29, 0.717) is 0 Å². The van der Waals surface area contributed by atoms with Crippen molar-refractivity contribution in [2.45, 2.75) is 31.6 Å². The molecule has 0 unspecified atom stereocenters. The van der Waals surface area contributed by atoms with Crippen LogP contribution in [0, 0.1) is 6.92 Å². The molecule has 0 heterocycles. The molecule has 1 aromatic carbocycles. The largest absolute Gasteiger partial charge is 0.249 e. The summed E-state index contributed by atoms with van der Waals surface area (Å²) in [6.45, 7) is 1.98. The van der Waals surface area contributed by atoms with Crippen LogP contribution in [0.1, 0.15) is 29.9 Å². The molecule has 0 N–H and O–H groups in total. The maximum absolute atomic E-state index is 12.7. The number of aryl methyl sites for hydroxylation is 1. The van der Waals surface area contributed by atoms with Crippen LogP contribution < -0.4 is 0 Å². The van der Waals surface area contributed by atoms with Crippen molar-refractivity contribution >= 4 is 15.9 Å². The molecule has 76 valence electrons. The number of halogens is 3. The molecule has 0 aliphatic heterocycles. The van der Waals surface area contributed by atoms with Crippen LogP contribution in [0.5, 0.6) is 0 Å². The first-order valence-corrected chi connectivity index (χ1v) is 5.41. The maximum Gasteiger partial charge on any atom is 0.249 e. The number of rotatable bonds is 1. The molecule has 0 spiro atoms. The minimum Gasteiger partial charge on any atom is -0.207 e. The molecule has 0 bridgehead atoms. The maximum atomic E-state index is 12.7. The van der Waals surface area contributed by atoms with Gasteiger partial charge in [-0.15, -0.1) is 0 Å². The quantitative estimate of drug-likeness (QED) is 0.708. The lowest BCUT2D eigenvalue weighted by molar-refractivity contribution is -0.0869. The number of alkyl halides is 2. The normalized spacial score (nSPS) is 20.6. The molecular weight excluding hydrogens is 250 g/mol. The van der Waals surface area contributed by atoms with Crippen molar-refractivity contribution in [2.24, 2.45) is 0 Å². The molecule has 3 heteroatoms. The van der Waals surface area contributed by atoms with E-state index in [4.69, 9.17) is 0 Å². The third-order valence-corrected chi connectivity index (χ3v) is 3.40. The van der Waals surface area contributed by atoms with Crippen LogP contribution in [0.25, 0.3) is 0 Å². The molecule has 1 aliphatic carbocycles. The van der Waals surface area contributed by atoms with Gasteiger partial charge >= 0.3 is 0 Å². The Morgan fingerprint density at radius 3 is 2.57 bits per heavy atom. The molecule has 14 heavy (non-hydrogen) atoms. The molecule has 2 rings (SSSR count). The van der Waals surface area contributed by atoms with Gasteiger partial charge in [0, 0.05) is 17.3 Å². The summed E-state index contributed by atoms with van der Waals surface area (Å²) in [5.41, 5.74) is 2.15. The summed E-state index contributed by atoms with van der Waals surface area (Å²) >= 11 is 3.40. The van der Waals surface area contributed by atoms with Crippen LogP contribution in [-0.2, 0) is 0 Å². The summed E-state index contributed by atoms with van der Waals surface area (Å²) in [4.78, 5) is 0. The van der Waals surface area contributed by atoms with Crippen LogP contribution >= 0.6 is 15.9 Å². The van der Waals surface area contributed by atoms with E-state index in [-0.39, 0.29) is 18.8 Å². The molecule has 1 aromatic rings.